The van der Waals surface area contributed by atoms with Crippen LogP contribution in [0.2, 0.25) is 0 Å². The smallest absolute Gasteiger partial charge is 0.0798 e. The van der Waals surface area contributed by atoms with Gasteiger partial charge in [0, 0.05) is 17.1 Å². The van der Waals surface area contributed by atoms with Crippen molar-refractivity contribution < 1.29 is 0 Å². The molecule has 0 unspecified atom stereocenters. The Morgan fingerprint density at radius 2 is 1.29 bits per heavy atom. The van der Waals surface area contributed by atoms with Crippen molar-refractivity contribution in [2.45, 2.75) is 12.8 Å². The minimum Gasteiger partial charge on any atom is -0.256 e. The molecule has 178 valence electrons. The monoisotopic (exact) mass is 483 g/mol. The standard InChI is InChI=1S/C37H25N/c1-2-8-29-22-24(12-14-25(29)6-1)13-15-31-23-30-19-18-27-9-5-11-33(34(27)30)36(31)37-35-28(20-21-38-37)17-16-26-7-3-4-10-32(26)35/h1-17,20-23H,18-19H2/b15-13+. The fourth-order valence-electron chi connectivity index (χ4n) is 6.38. The molecular formula is C37H25N. The summed E-state index contributed by atoms with van der Waals surface area (Å²) >= 11 is 0. The third-order valence-corrected chi connectivity index (χ3v) is 8.14. The molecule has 0 fully saturated rings. The average molecular weight is 484 g/mol. The molecule has 0 bridgehead atoms. The molecule has 0 amide bonds. The first kappa shape index (κ1) is 21.3. The first-order valence-corrected chi connectivity index (χ1v) is 13.3. The van der Waals surface area contributed by atoms with E-state index in [0.29, 0.717) is 0 Å². The predicted molar refractivity (Wildman–Crippen MR) is 162 cm³/mol. The van der Waals surface area contributed by atoms with E-state index in [2.05, 4.69) is 121 Å². The molecule has 1 heterocycles. The van der Waals surface area contributed by atoms with Crippen LogP contribution in [0.25, 0.3) is 66.5 Å². The lowest BCUT2D eigenvalue weighted by molar-refractivity contribution is 1.02. The van der Waals surface area contributed by atoms with E-state index in [-0.39, 0.29) is 0 Å². The van der Waals surface area contributed by atoms with Crippen molar-refractivity contribution in [3.05, 3.63) is 138 Å². The molecule has 6 aromatic carbocycles. The SMILES string of the molecule is C(=C\c1cc2c3c(cccc3c1-c1nccc3ccc4ccccc4c13)CC2)/c1ccc2ccccc2c1. The molecule has 0 aliphatic heterocycles. The number of hydrogen-bond donors (Lipinski definition) is 0. The van der Waals surface area contributed by atoms with E-state index in [1.54, 1.807) is 0 Å². The highest BCUT2D eigenvalue weighted by Gasteiger charge is 2.21. The number of benzene rings is 6. The van der Waals surface area contributed by atoms with Crippen molar-refractivity contribution in [3.63, 3.8) is 0 Å². The van der Waals surface area contributed by atoms with Crippen LogP contribution in [0.3, 0.4) is 0 Å². The molecule has 1 aromatic heterocycles. The van der Waals surface area contributed by atoms with Gasteiger partial charge < -0.3 is 0 Å². The van der Waals surface area contributed by atoms with Gasteiger partial charge >= 0.3 is 0 Å². The van der Waals surface area contributed by atoms with Crippen molar-refractivity contribution in [1.82, 2.24) is 4.98 Å². The van der Waals surface area contributed by atoms with E-state index >= 15 is 0 Å². The van der Waals surface area contributed by atoms with Crippen LogP contribution < -0.4 is 0 Å². The van der Waals surface area contributed by atoms with E-state index in [4.69, 9.17) is 4.98 Å². The molecule has 38 heavy (non-hydrogen) atoms. The highest BCUT2D eigenvalue weighted by molar-refractivity contribution is 6.17. The minimum absolute atomic E-state index is 1.06. The van der Waals surface area contributed by atoms with Gasteiger partial charge in [0.2, 0.25) is 0 Å². The maximum atomic E-state index is 5.08. The van der Waals surface area contributed by atoms with Crippen molar-refractivity contribution in [2.75, 3.05) is 0 Å². The summed E-state index contributed by atoms with van der Waals surface area (Å²) in [4.78, 5) is 5.08. The Bertz CT molecular complexity index is 2080. The van der Waals surface area contributed by atoms with Crippen LogP contribution in [0.15, 0.2) is 115 Å². The normalized spacial score (nSPS) is 12.9. The second kappa shape index (κ2) is 8.39. The summed E-state index contributed by atoms with van der Waals surface area (Å²) in [5.41, 5.74) is 7.62. The van der Waals surface area contributed by atoms with Gasteiger partial charge in [0.25, 0.3) is 0 Å². The maximum Gasteiger partial charge on any atom is 0.0798 e. The first-order valence-electron chi connectivity index (χ1n) is 13.3. The van der Waals surface area contributed by atoms with Gasteiger partial charge in [-0.1, -0.05) is 109 Å². The zero-order chi connectivity index (χ0) is 25.1. The zero-order valence-electron chi connectivity index (χ0n) is 21.0. The van der Waals surface area contributed by atoms with Crippen LogP contribution in [0.1, 0.15) is 22.3 Å². The van der Waals surface area contributed by atoms with E-state index in [9.17, 15) is 0 Å². The number of fused-ring (bicyclic) bond motifs is 4. The summed E-state index contributed by atoms with van der Waals surface area (Å²) in [5, 5.41) is 10.2. The number of nitrogens with zero attached hydrogens (tertiary/aromatic N) is 1. The molecule has 1 aliphatic carbocycles. The average Bonchev–Trinajstić information content (AvgIpc) is 3.39. The fourth-order valence-corrected chi connectivity index (χ4v) is 6.38. The Labute approximate surface area is 221 Å². The van der Waals surface area contributed by atoms with E-state index in [1.807, 2.05) is 6.20 Å². The summed E-state index contributed by atoms with van der Waals surface area (Å²) in [6, 6.07) is 39.7. The van der Waals surface area contributed by atoms with Crippen LogP contribution in [0.5, 0.6) is 0 Å². The largest absolute Gasteiger partial charge is 0.256 e. The molecular weight excluding hydrogens is 458 g/mol. The lowest BCUT2D eigenvalue weighted by atomic mass is 9.89. The molecule has 1 aliphatic rings. The molecule has 7 aromatic rings. The first-order chi connectivity index (χ1) is 18.8. The third-order valence-electron chi connectivity index (χ3n) is 8.14. The fraction of sp³-hybridized carbons (Fsp3) is 0.0541. The van der Waals surface area contributed by atoms with Crippen LogP contribution in [-0.4, -0.2) is 4.98 Å². The molecule has 0 spiro atoms. The number of aromatic nitrogens is 1. The number of aryl methyl sites for hydroxylation is 2. The molecule has 1 nitrogen and oxygen atoms in total. The second-order valence-electron chi connectivity index (χ2n) is 10.3. The third kappa shape index (κ3) is 3.29. The lowest BCUT2D eigenvalue weighted by Crippen LogP contribution is -1.94. The van der Waals surface area contributed by atoms with Gasteiger partial charge in [-0.05, 0) is 84.9 Å². The van der Waals surface area contributed by atoms with Gasteiger partial charge in [0.05, 0.1) is 5.69 Å². The van der Waals surface area contributed by atoms with Crippen LogP contribution in [0.4, 0.5) is 0 Å². The molecule has 0 N–H and O–H groups in total. The van der Waals surface area contributed by atoms with Gasteiger partial charge in [0.15, 0.2) is 0 Å². The Morgan fingerprint density at radius 3 is 2.24 bits per heavy atom. The number of hydrogen-bond acceptors (Lipinski definition) is 1. The van der Waals surface area contributed by atoms with E-state index in [1.165, 1.54) is 70.9 Å². The highest BCUT2D eigenvalue weighted by atomic mass is 14.7. The van der Waals surface area contributed by atoms with Crippen molar-refractivity contribution >= 4 is 55.2 Å². The molecule has 1 heteroatoms. The Balaban J connectivity index is 1.43. The van der Waals surface area contributed by atoms with Crippen molar-refractivity contribution in [3.8, 4) is 11.3 Å². The summed E-state index contributed by atoms with van der Waals surface area (Å²) in [7, 11) is 0. The Morgan fingerprint density at radius 1 is 0.526 bits per heavy atom. The van der Waals surface area contributed by atoms with Crippen molar-refractivity contribution in [2.24, 2.45) is 0 Å². The second-order valence-corrected chi connectivity index (χ2v) is 10.3. The highest BCUT2D eigenvalue weighted by Crippen LogP contribution is 2.43. The molecule has 0 saturated carbocycles. The Kier molecular flexibility index (Phi) is 4.72. The van der Waals surface area contributed by atoms with Gasteiger partial charge in [-0.3, -0.25) is 4.98 Å². The predicted octanol–water partition coefficient (Wildman–Crippen LogP) is 9.63. The quantitative estimate of drug-likeness (QED) is 0.180. The van der Waals surface area contributed by atoms with E-state index in [0.717, 1.165) is 18.5 Å². The van der Waals surface area contributed by atoms with Crippen LogP contribution in [0, 0.1) is 0 Å². The molecule has 0 saturated heterocycles. The minimum atomic E-state index is 1.06. The zero-order valence-corrected chi connectivity index (χ0v) is 21.0. The topological polar surface area (TPSA) is 12.9 Å². The summed E-state index contributed by atoms with van der Waals surface area (Å²) in [6.45, 7) is 0. The summed E-state index contributed by atoms with van der Waals surface area (Å²) in [5.74, 6) is 0. The summed E-state index contributed by atoms with van der Waals surface area (Å²) in [6.07, 6.45) is 8.72. The van der Waals surface area contributed by atoms with Gasteiger partial charge in [0.1, 0.15) is 0 Å². The molecule has 0 atom stereocenters. The van der Waals surface area contributed by atoms with Crippen LogP contribution >= 0.6 is 0 Å². The molecule has 0 radical (unpaired) electrons. The Hall–Kier alpha value is -4.75. The lowest BCUT2D eigenvalue weighted by Gasteiger charge is -2.16. The molecule has 8 rings (SSSR count). The number of rotatable bonds is 3. The van der Waals surface area contributed by atoms with Crippen molar-refractivity contribution in [1.29, 1.82) is 0 Å². The van der Waals surface area contributed by atoms with E-state index < -0.39 is 0 Å². The summed E-state index contributed by atoms with van der Waals surface area (Å²) < 4.78 is 0. The van der Waals surface area contributed by atoms with Crippen LogP contribution in [-0.2, 0) is 12.8 Å². The maximum absolute atomic E-state index is 5.08. The van der Waals surface area contributed by atoms with Gasteiger partial charge in [-0.15, -0.1) is 0 Å². The number of pyridine rings is 1. The van der Waals surface area contributed by atoms with Gasteiger partial charge in [-0.25, -0.2) is 0 Å². The van der Waals surface area contributed by atoms with Gasteiger partial charge in [-0.2, -0.15) is 0 Å².